The van der Waals surface area contributed by atoms with E-state index in [1.807, 2.05) is 12.1 Å². The Labute approximate surface area is 201 Å². The van der Waals surface area contributed by atoms with Gasteiger partial charge in [-0.1, -0.05) is 17.8 Å². The molecule has 0 amide bonds. The molecule has 1 unspecified atom stereocenters. The number of fused-ring (bicyclic) bond motifs is 1. The Bertz CT molecular complexity index is 1320. The van der Waals surface area contributed by atoms with Crippen LogP contribution in [0.3, 0.4) is 0 Å². The van der Waals surface area contributed by atoms with E-state index in [-0.39, 0.29) is 11.0 Å². The Morgan fingerprint density at radius 3 is 2.79 bits per heavy atom. The molecule has 1 N–H and O–H groups in total. The van der Waals surface area contributed by atoms with Gasteiger partial charge in [0.05, 0.1) is 30.0 Å². The summed E-state index contributed by atoms with van der Waals surface area (Å²) >= 11 is 1.33. The zero-order chi connectivity index (χ0) is 24.3. The van der Waals surface area contributed by atoms with E-state index in [0.717, 1.165) is 5.39 Å². The van der Waals surface area contributed by atoms with Gasteiger partial charge in [0, 0.05) is 38.7 Å². The van der Waals surface area contributed by atoms with Gasteiger partial charge in [0.2, 0.25) is 0 Å². The molecule has 1 aliphatic heterocycles. The van der Waals surface area contributed by atoms with Crippen LogP contribution < -0.4 is 9.04 Å². The minimum atomic E-state index is -3.93. The third kappa shape index (κ3) is 5.03. The molecule has 1 aliphatic rings. The largest absolute Gasteiger partial charge is 0.491 e. The first-order valence-electron chi connectivity index (χ1n) is 10.4. The normalized spacial score (nSPS) is 15.9. The number of carbonyl (C=O) groups is 1. The van der Waals surface area contributed by atoms with Crippen LogP contribution in [-0.2, 0) is 24.3 Å². The van der Waals surface area contributed by atoms with Crippen molar-refractivity contribution in [3.63, 3.8) is 0 Å². The van der Waals surface area contributed by atoms with Gasteiger partial charge in [-0.15, -0.1) is 0 Å². The zero-order valence-corrected chi connectivity index (χ0v) is 20.5. The lowest BCUT2D eigenvalue weighted by atomic mass is 10.2. The average molecular weight is 505 g/mol. The lowest BCUT2D eigenvalue weighted by Crippen LogP contribution is -2.27. The first-order valence-corrected chi connectivity index (χ1v) is 12.7. The minimum absolute atomic E-state index is 0.0666. The van der Waals surface area contributed by atoms with Crippen LogP contribution in [0.2, 0.25) is 0 Å². The molecule has 0 fully saturated rings. The van der Waals surface area contributed by atoms with Crippen LogP contribution >= 0.6 is 11.8 Å². The molecule has 1 aromatic carbocycles. The van der Waals surface area contributed by atoms with Crippen molar-refractivity contribution in [3.8, 4) is 5.75 Å². The van der Waals surface area contributed by atoms with Crippen molar-refractivity contribution in [2.75, 3.05) is 38.2 Å². The number of pyridine rings is 1. The fourth-order valence-electron chi connectivity index (χ4n) is 3.41. The fourth-order valence-corrected chi connectivity index (χ4v) is 5.50. The summed E-state index contributed by atoms with van der Waals surface area (Å²) in [5.74, 6) is 0.124. The Hall–Kier alpha value is -3.09. The Morgan fingerprint density at radius 1 is 1.26 bits per heavy atom. The third-order valence-corrected chi connectivity index (χ3v) is 7.76. The lowest BCUT2D eigenvalue weighted by Gasteiger charge is -2.20. The zero-order valence-electron chi connectivity index (χ0n) is 18.8. The van der Waals surface area contributed by atoms with Gasteiger partial charge in [0.25, 0.3) is 10.0 Å². The number of ether oxygens (including phenoxy) is 3. The van der Waals surface area contributed by atoms with E-state index in [1.165, 1.54) is 42.3 Å². The molecule has 1 atom stereocenters. The van der Waals surface area contributed by atoms with E-state index in [1.54, 1.807) is 25.3 Å². The van der Waals surface area contributed by atoms with Crippen molar-refractivity contribution in [2.24, 2.45) is 4.99 Å². The van der Waals surface area contributed by atoms with Crippen molar-refractivity contribution in [2.45, 2.75) is 17.4 Å². The number of nitrogens with one attached hydrogen (secondary N) is 1. The summed E-state index contributed by atoms with van der Waals surface area (Å²) in [6, 6.07) is 10.1. The van der Waals surface area contributed by atoms with E-state index < -0.39 is 15.5 Å². The number of nitrogens with zero attached hydrogens (tertiary/aromatic N) is 3. The number of hydrogen-bond donors (Lipinski definition) is 1. The molecule has 3 heterocycles. The first-order chi connectivity index (χ1) is 16.3. The van der Waals surface area contributed by atoms with Crippen LogP contribution in [0.1, 0.15) is 12.6 Å². The number of sulfonamides is 1. The Balaban J connectivity index is 1.74. The predicted molar refractivity (Wildman–Crippen MR) is 130 cm³/mol. The first kappa shape index (κ1) is 24.0. The second-order valence-electron chi connectivity index (χ2n) is 7.37. The molecule has 0 aliphatic carbocycles. The molecular formula is C22H24N4O6S2. The van der Waals surface area contributed by atoms with E-state index in [0.29, 0.717) is 47.4 Å². The summed E-state index contributed by atoms with van der Waals surface area (Å²) in [6.45, 7) is 2.40. The summed E-state index contributed by atoms with van der Waals surface area (Å²) < 4.78 is 43.8. The van der Waals surface area contributed by atoms with Gasteiger partial charge in [-0.25, -0.2) is 4.98 Å². The van der Waals surface area contributed by atoms with Crippen molar-refractivity contribution >= 4 is 49.4 Å². The van der Waals surface area contributed by atoms with Crippen LogP contribution in [0.4, 0.5) is 5.69 Å². The van der Waals surface area contributed by atoms with Gasteiger partial charge >= 0.3 is 5.97 Å². The highest BCUT2D eigenvalue weighted by Gasteiger charge is 2.28. The van der Waals surface area contributed by atoms with Gasteiger partial charge < -0.3 is 19.2 Å². The summed E-state index contributed by atoms with van der Waals surface area (Å²) in [4.78, 5) is 23.0. The SMILES string of the molecule is COCCOc1cc(N(C)S(=O)(=O)c2ccccn2)c2[nH]c(C3=NCC(OC(C)=O)S3)cc2c1. The van der Waals surface area contributed by atoms with Gasteiger partial charge in [-0.3, -0.25) is 14.1 Å². The minimum Gasteiger partial charge on any atom is -0.491 e. The fraction of sp³-hybridized carbons (Fsp3) is 0.318. The number of H-pyrrole nitrogens is 1. The summed E-state index contributed by atoms with van der Waals surface area (Å²) in [6.07, 6.45) is 1.43. The number of anilines is 1. The smallest absolute Gasteiger partial charge is 0.303 e. The lowest BCUT2D eigenvalue weighted by molar-refractivity contribution is -0.141. The number of benzene rings is 1. The molecule has 0 radical (unpaired) electrons. The molecule has 3 aromatic rings. The Kier molecular flexibility index (Phi) is 7.10. The number of rotatable bonds is 9. The molecule has 12 heteroatoms. The van der Waals surface area contributed by atoms with Crippen LogP contribution in [-0.4, -0.2) is 68.8 Å². The van der Waals surface area contributed by atoms with Crippen molar-refractivity contribution in [3.05, 3.63) is 48.3 Å². The Morgan fingerprint density at radius 2 is 2.09 bits per heavy atom. The van der Waals surface area contributed by atoms with Crippen LogP contribution in [0.25, 0.3) is 10.9 Å². The number of aliphatic imine (C=N–C) groups is 1. The number of hydrogen-bond acceptors (Lipinski definition) is 9. The monoisotopic (exact) mass is 504 g/mol. The predicted octanol–water partition coefficient (Wildman–Crippen LogP) is 2.80. The molecule has 0 spiro atoms. The number of aromatic amines is 1. The average Bonchev–Trinajstić information content (AvgIpc) is 3.45. The molecule has 34 heavy (non-hydrogen) atoms. The highest BCUT2D eigenvalue weighted by Crippen LogP contribution is 2.36. The number of carbonyl (C=O) groups excluding carboxylic acids is 1. The number of esters is 1. The van der Waals surface area contributed by atoms with E-state index in [2.05, 4.69) is 15.0 Å². The highest BCUT2D eigenvalue weighted by atomic mass is 32.2. The topological polar surface area (TPSA) is 123 Å². The van der Waals surface area contributed by atoms with E-state index >= 15 is 0 Å². The maximum absolute atomic E-state index is 13.3. The van der Waals surface area contributed by atoms with Crippen LogP contribution in [0.5, 0.6) is 5.75 Å². The standard InChI is InChI=1S/C22H24N4O6S2/c1-14(27)32-20-13-24-22(33-20)17-11-15-10-16(31-9-8-30-3)12-18(21(15)25-17)26(2)34(28,29)19-6-4-5-7-23-19/h4-7,10-12,20,25H,8-9,13H2,1-3H3. The van der Waals surface area contributed by atoms with Gasteiger partial charge in [-0.2, -0.15) is 8.42 Å². The summed E-state index contributed by atoms with van der Waals surface area (Å²) in [5.41, 5.74) is 1.28. The summed E-state index contributed by atoms with van der Waals surface area (Å²) in [7, 11) is -0.883. The number of aromatic nitrogens is 2. The number of methoxy groups -OCH3 is 1. The highest BCUT2D eigenvalue weighted by molar-refractivity contribution is 8.15. The molecule has 2 aromatic heterocycles. The molecule has 0 saturated carbocycles. The molecule has 0 saturated heterocycles. The molecule has 180 valence electrons. The molecule has 10 nitrogen and oxygen atoms in total. The van der Waals surface area contributed by atoms with Gasteiger partial charge in [0.15, 0.2) is 10.5 Å². The maximum Gasteiger partial charge on any atom is 0.303 e. The van der Waals surface area contributed by atoms with Crippen molar-refractivity contribution in [1.82, 2.24) is 9.97 Å². The van der Waals surface area contributed by atoms with Gasteiger partial charge in [0.1, 0.15) is 17.4 Å². The quantitative estimate of drug-likeness (QED) is 0.349. The van der Waals surface area contributed by atoms with Crippen molar-refractivity contribution in [1.29, 1.82) is 0 Å². The van der Waals surface area contributed by atoms with Gasteiger partial charge in [-0.05, 0) is 24.3 Å². The van der Waals surface area contributed by atoms with E-state index in [4.69, 9.17) is 14.2 Å². The summed E-state index contributed by atoms with van der Waals surface area (Å²) in [5, 5.41) is 1.34. The maximum atomic E-state index is 13.3. The second kappa shape index (κ2) is 10.0. The van der Waals surface area contributed by atoms with Crippen LogP contribution in [0, 0.1) is 0 Å². The van der Waals surface area contributed by atoms with Crippen LogP contribution in [0.15, 0.2) is 52.6 Å². The molecule has 4 rings (SSSR count). The van der Waals surface area contributed by atoms with E-state index in [9.17, 15) is 13.2 Å². The second-order valence-corrected chi connectivity index (χ2v) is 10.4. The third-order valence-electron chi connectivity index (χ3n) is 4.99. The van der Waals surface area contributed by atoms with Crippen molar-refractivity contribution < 1.29 is 27.4 Å². The number of thioether (sulfide) groups is 1. The molecule has 0 bridgehead atoms. The molecular weight excluding hydrogens is 480 g/mol.